The summed E-state index contributed by atoms with van der Waals surface area (Å²) in [5, 5.41) is 5.65. The summed E-state index contributed by atoms with van der Waals surface area (Å²) in [7, 11) is 0. The number of carbonyl (C=O) groups is 2. The summed E-state index contributed by atoms with van der Waals surface area (Å²) in [5.41, 5.74) is 4.83. The van der Waals surface area contributed by atoms with E-state index < -0.39 is 0 Å². The normalized spacial score (nSPS) is 10.3. The van der Waals surface area contributed by atoms with E-state index >= 15 is 0 Å². The standard InChI is InChI=1S/C20H24N2O2/c1-4-15-7-6-8-16(5-2)20(15)22-19(24)13-18(23)21-17-11-9-14(3)10-12-17/h6-12H,4-5,13H2,1-3H3,(H,21,23)(H,22,24). The molecule has 0 aliphatic carbocycles. The molecule has 2 N–H and O–H groups in total. The molecule has 0 saturated carbocycles. The predicted octanol–water partition coefficient (Wildman–Crippen LogP) is 4.09. The maximum Gasteiger partial charge on any atom is 0.233 e. The molecule has 2 rings (SSSR count). The Bertz CT molecular complexity index is 699. The number of rotatable bonds is 6. The van der Waals surface area contributed by atoms with Crippen molar-refractivity contribution >= 4 is 23.2 Å². The van der Waals surface area contributed by atoms with Crippen molar-refractivity contribution in [1.29, 1.82) is 0 Å². The van der Waals surface area contributed by atoms with Gasteiger partial charge in [0.05, 0.1) is 0 Å². The van der Waals surface area contributed by atoms with E-state index in [1.54, 1.807) is 0 Å². The van der Waals surface area contributed by atoms with Crippen LogP contribution >= 0.6 is 0 Å². The molecule has 0 saturated heterocycles. The van der Waals surface area contributed by atoms with E-state index in [9.17, 15) is 9.59 Å². The van der Waals surface area contributed by atoms with Gasteiger partial charge in [-0.1, -0.05) is 49.7 Å². The molecule has 0 spiro atoms. The average Bonchev–Trinajstić information content (AvgIpc) is 2.57. The van der Waals surface area contributed by atoms with Crippen LogP contribution in [0.1, 0.15) is 37.0 Å². The van der Waals surface area contributed by atoms with Crippen molar-refractivity contribution in [3.8, 4) is 0 Å². The fourth-order valence-corrected chi connectivity index (χ4v) is 2.57. The third-order valence-corrected chi connectivity index (χ3v) is 3.92. The van der Waals surface area contributed by atoms with Crippen LogP contribution in [0.5, 0.6) is 0 Å². The van der Waals surface area contributed by atoms with Crippen LogP contribution in [-0.4, -0.2) is 11.8 Å². The van der Waals surface area contributed by atoms with Gasteiger partial charge in [-0.25, -0.2) is 0 Å². The quantitative estimate of drug-likeness (QED) is 0.786. The summed E-state index contributed by atoms with van der Waals surface area (Å²) in [6.45, 7) is 6.08. The molecule has 4 nitrogen and oxygen atoms in total. The Kier molecular flexibility index (Phi) is 6.13. The number of benzene rings is 2. The molecule has 2 aromatic carbocycles. The van der Waals surface area contributed by atoms with Crippen LogP contribution in [0, 0.1) is 6.92 Å². The molecule has 0 aromatic heterocycles. The molecular weight excluding hydrogens is 300 g/mol. The second kappa shape index (κ2) is 8.29. The van der Waals surface area contributed by atoms with Gasteiger partial charge < -0.3 is 10.6 Å². The van der Waals surface area contributed by atoms with Crippen LogP contribution in [0.3, 0.4) is 0 Å². The smallest absolute Gasteiger partial charge is 0.233 e. The van der Waals surface area contributed by atoms with Gasteiger partial charge in [-0.15, -0.1) is 0 Å². The fraction of sp³-hybridized carbons (Fsp3) is 0.300. The first-order chi connectivity index (χ1) is 11.5. The average molecular weight is 324 g/mol. The zero-order chi connectivity index (χ0) is 17.5. The second-order valence-corrected chi connectivity index (χ2v) is 5.80. The minimum atomic E-state index is -0.316. The molecule has 0 heterocycles. The van der Waals surface area contributed by atoms with Crippen LogP contribution in [-0.2, 0) is 22.4 Å². The van der Waals surface area contributed by atoms with Crippen molar-refractivity contribution in [2.24, 2.45) is 0 Å². The number of anilines is 2. The van der Waals surface area contributed by atoms with Gasteiger partial charge in [0.1, 0.15) is 6.42 Å². The van der Waals surface area contributed by atoms with E-state index in [-0.39, 0.29) is 18.2 Å². The lowest BCUT2D eigenvalue weighted by Gasteiger charge is -2.14. The van der Waals surface area contributed by atoms with Gasteiger partial charge in [-0.2, -0.15) is 0 Å². The van der Waals surface area contributed by atoms with Crippen molar-refractivity contribution in [2.75, 3.05) is 10.6 Å². The lowest BCUT2D eigenvalue weighted by Crippen LogP contribution is -2.22. The maximum absolute atomic E-state index is 12.2. The molecule has 0 atom stereocenters. The van der Waals surface area contributed by atoms with Crippen LogP contribution in [0.15, 0.2) is 42.5 Å². The van der Waals surface area contributed by atoms with Gasteiger partial charge in [0.15, 0.2) is 0 Å². The van der Waals surface area contributed by atoms with E-state index in [4.69, 9.17) is 0 Å². The number of hydrogen-bond donors (Lipinski definition) is 2. The Balaban J connectivity index is 2.00. The number of aryl methyl sites for hydroxylation is 3. The molecule has 0 fully saturated rings. The van der Waals surface area contributed by atoms with Gasteiger partial charge in [0.2, 0.25) is 11.8 Å². The molecule has 0 unspecified atom stereocenters. The summed E-state index contributed by atoms with van der Waals surface area (Å²) >= 11 is 0. The minimum absolute atomic E-state index is 0.199. The fourth-order valence-electron chi connectivity index (χ4n) is 2.57. The zero-order valence-electron chi connectivity index (χ0n) is 14.5. The Labute approximate surface area is 143 Å². The summed E-state index contributed by atoms with van der Waals surface area (Å²) in [6.07, 6.45) is 1.47. The third kappa shape index (κ3) is 4.69. The van der Waals surface area contributed by atoms with Crippen molar-refractivity contribution in [3.05, 3.63) is 59.2 Å². The van der Waals surface area contributed by atoms with Crippen molar-refractivity contribution in [1.82, 2.24) is 0 Å². The molecular formula is C20H24N2O2. The Morgan fingerprint density at radius 3 is 1.92 bits per heavy atom. The topological polar surface area (TPSA) is 58.2 Å². The van der Waals surface area contributed by atoms with Crippen molar-refractivity contribution in [3.63, 3.8) is 0 Å². The van der Waals surface area contributed by atoms with Gasteiger partial charge in [0, 0.05) is 11.4 Å². The monoisotopic (exact) mass is 324 g/mol. The van der Waals surface area contributed by atoms with Gasteiger partial charge in [-0.05, 0) is 43.0 Å². The van der Waals surface area contributed by atoms with Crippen molar-refractivity contribution in [2.45, 2.75) is 40.0 Å². The first-order valence-electron chi connectivity index (χ1n) is 8.30. The minimum Gasteiger partial charge on any atom is -0.326 e. The molecule has 2 aromatic rings. The number of carbonyl (C=O) groups excluding carboxylic acids is 2. The van der Waals surface area contributed by atoms with Crippen LogP contribution < -0.4 is 10.6 Å². The van der Waals surface area contributed by atoms with E-state index in [1.807, 2.05) is 49.4 Å². The lowest BCUT2D eigenvalue weighted by molar-refractivity contribution is -0.123. The van der Waals surface area contributed by atoms with Crippen LogP contribution in [0.25, 0.3) is 0 Å². The Hall–Kier alpha value is -2.62. The SMILES string of the molecule is CCc1cccc(CC)c1NC(=O)CC(=O)Nc1ccc(C)cc1. The molecule has 24 heavy (non-hydrogen) atoms. The molecule has 4 heteroatoms. The zero-order valence-corrected chi connectivity index (χ0v) is 14.5. The Morgan fingerprint density at radius 2 is 1.38 bits per heavy atom. The summed E-state index contributed by atoms with van der Waals surface area (Å²) in [4.78, 5) is 24.3. The van der Waals surface area contributed by atoms with E-state index in [2.05, 4.69) is 24.5 Å². The largest absolute Gasteiger partial charge is 0.326 e. The molecule has 0 radical (unpaired) electrons. The van der Waals surface area contributed by atoms with Gasteiger partial charge >= 0.3 is 0 Å². The summed E-state index contributed by atoms with van der Waals surface area (Å²) < 4.78 is 0. The maximum atomic E-state index is 12.2. The highest BCUT2D eigenvalue weighted by molar-refractivity contribution is 6.08. The second-order valence-electron chi connectivity index (χ2n) is 5.80. The molecule has 2 amide bonds. The Morgan fingerprint density at radius 1 is 0.833 bits per heavy atom. The van der Waals surface area contributed by atoms with Crippen LogP contribution in [0.4, 0.5) is 11.4 Å². The number of hydrogen-bond acceptors (Lipinski definition) is 2. The van der Waals surface area contributed by atoms with Crippen molar-refractivity contribution < 1.29 is 9.59 Å². The van der Waals surface area contributed by atoms with Gasteiger partial charge in [-0.3, -0.25) is 9.59 Å². The third-order valence-electron chi connectivity index (χ3n) is 3.92. The lowest BCUT2D eigenvalue weighted by atomic mass is 10.0. The first kappa shape index (κ1) is 17.7. The summed E-state index contributed by atoms with van der Waals surface area (Å²) in [5.74, 6) is -0.612. The first-order valence-corrected chi connectivity index (χ1v) is 8.30. The highest BCUT2D eigenvalue weighted by atomic mass is 16.2. The number of nitrogens with one attached hydrogen (secondary N) is 2. The van der Waals surface area contributed by atoms with Gasteiger partial charge in [0.25, 0.3) is 0 Å². The number of para-hydroxylation sites is 1. The van der Waals surface area contributed by atoms with Crippen LogP contribution in [0.2, 0.25) is 0 Å². The highest BCUT2D eigenvalue weighted by Gasteiger charge is 2.13. The molecule has 0 bridgehead atoms. The predicted molar refractivity (Wildman–Crippen MR) is 98.3 cm³/mol. The van der Waals surface area contributed by atoms with E-state index in [0.717, 1.165) is 35.2 Å². The molecule has 0 aliphatic heterocycles. The number of amides is 2. The van der Waals surface area contributed by atoms with E-state index in [1.165, 1.54) is 0 Å². The molecule has 126 valence electrons. The highest BCUT2D eigenvalue weighted by Crippen LogP contribution is 2.22. The molecule has 0 aliphatic rings. The van der Waals surface area contributed by atoms with E-state index in [0.29, 0.717) is 5.69 Å². The summed E-state index contributed by atoms with van der Waals surface area (Å²) in [6, 6.07) is 13.5.